The molecule has 9 nitrogen and oxygen atoms in total. The van der Waals surface area contributed by atoms with Crippen molar-refractivity contribution in [2.45, 2.75) is 56.3 Å². The van der Waals surface area contributed by atoms with Crippen LogP contribution in [0.15, 0.2) is 0 Å². The van der Waals surface area contributed by atoms with Crippen LogP contribution in [0.5, 0.6) is 0 Å². The van der Waals surface area contributed by atoms with Crippen LogP contribution in [0.25, 0.3) is 0 Å². The standard InChI is InChI=1S/C13H20B6NO8/c1-6(21)20(3)9-8(27-16)4-13(2,12(23)24)26-11(9)10(28-18-15)7(22)5-25-19-17-14/h7-11,22H,4-5H2,1-3H3,(H,23,24). The van der Waals surface area contributed by atoms with Crippen LogP contribution >= 0.6 is 0 Å². The Labute approximate surface area is 169 Å². The van der Waals surface area contributed by atoms with Crippen LogP contribution in [-0.2, 0) is 28.3 Å². The third-order valence-electron chi connectivity index (χ3n) is 4.66. The number of hydrogen-bond acceptors (Lipinski definition) is 7. The number of aliphatic hydroxyl groups excluding tert-OH is 1. The van der Waals surface area contributed by atoms with Gasteiger partial charge in [0.05, 0.1) is 0 Å². The number of carbonyl (C=O) groups excluding carboxylic acids is 1. The maximum atomic E-state index is 12.0. The number of rotatable bonds is 10. The van der Waals surface area contributed by atoms with Gasteiger partial charge in [0.2, 0.25) is 0 Å². The summed E-state index contributed by atoms with van der Waals surface area (Å²) in [6.07, 6.45) is -4.76. The molecule has 0 saturated carbocycles. The fourth-order valence-electron chi connectivity index (χ4n) is 3.12. The van der Waals surface area contributed by atoms with Crippen molar-refractivity contribution >= 4 is 55.7 Å². The van der Waals surface area contributed by atoms with Gasteiger partial charge in [0, 0.05) is 0 Å². The third kappa shape index (κ3) is 5.90. The first-order chi connectivity index (χ1) is 13.1. The van der Waals surface area contributed by atoms with Crippen molar-refractivity contribution in [3.63, 3.8) is 0 Å². The average Bonchev–Trinajstić information content (AvgIpc) is 2.64. The van der Waals surface area contributed by atoms with Gasteiger partial charge in [-0.05, 0) is 0 Å². The second-order valence-corrected chi connectivity index (χ2v) is 6.58. The van der Waals surface area contributed by atoms with Crippen molar-refractivity contribution in [3.05, 3.63) is 0 Å². The molecule has 0 aromatic heterocycles. The molecule has 1 amide bonds. The quantitative estimate of drug-likeness (QED) is 0.378. The second kappa shape index (κ2) is 11.1. The van der Waals surface area contributed by atoms with E-state index in [1.54, 1.807) is 0 Å². The van der Waals surface area contributed by atoms with Gasteiger partial charge in [0.15, 0.2) is 0 Å². The van der Waals surface area contributed by atoms with E-state index in [0.29, 0.717) is 0 Å². The SMILES string of the molecule is [B]B=BOCC(O)C(OB=[B])C1OC(C)(C(=O)O)CC(O[B])C1N(C)C(C)=O. The molecule has 1 saturated heterocycles. The Morgan fingerprint density at radius 2 is 2.11 bits per heavy atom. The molecule has 2 N–H and O–H groups in total. The van der Waals surface area contributed by atoms with Crippen LogP contribution in [0, 0.1) is 0 Å². The van der Waals surface area contributed by atoms with E-state index in [0.717, 1.165) is 20.7 Å². The van der Waals surface area contributed by atoms with E-state index in [4.69, 9.17) is 41.9 Å². The summed E-state index contributed by atoms with van der Waals surface area (Å²) in [7, 11) is 19.4. The number of nitrogens with zero attached hydrogens (tertiary/aromatic N) is 1. The van der Waals surface area contributed by atoms with E-state index < -0.39 is 42.0 Å². The fourth-order valence-corrected chi connectivity index (χ4v) is 3.12. The number of aliphatic carboxylic acids is 1. The van der Waals surface area contributed by atoms with Gasteiger partial charge in [-0.1, -0.05) is 0 Å². The van der Waals surface area contributed by atoms with Crippen molar-refractivity contribution < 1.29 is 38.5 Å². The molecule has 0 aromatic rings. The number of carbonyl (C=O) groups is 2. The summed E-state index contributed by atoms with van der Waals surface area (Å²) in [6.45, 7) is 3.51. The predicted octanol–water partition coefficient (Wildman–Crippen LogP) is -3.28. The van der Waals surface area contributed by atoms with Crippen molar-refractivity contribution in [2.24, 2.45) is 0 Å². The molecule has 1 aliphatic rings. The maximum absolute atomic E-state index is 12.0. The first-order valence-corrected chi connectivity index (χ1v) is 8.48. The van der Waals surface area contributed by atoms with E-state index in [-0.39, 0.29) is 18.9 Å². The Bertz CT molecular complexity index is 597. The monoisotopic (exact) mass is 384 g/mol. The molecule has 1 heterocycles. The molecule has 6 unspecified atom stereocenters. The number of aliphatic hydroxyl groups is 1. The number of amides is 1. The molecule has 28 heavy (non-hydrogen) atoms. The summed E-state index contributed by atoms with van der Waals surface area (Å²) in [6, 6.07) is -0.875. The first kappa shape index (κ1) is 24.8. The molecular weight excluding hydrogens is 363 g/mol. The van der Waals surface area contributed by atoms with Gasteiger partial charge in [-0.2, -0.15) is 0 Å². The predicted molar refractivity (Wildman–Crippen MR) is 104 cm³/mol. The molecule has 5 radical (unpaired) electrons. The molecule has 1 aliphatic heterocycles. The summed E-state index contributed by atoms with van der Waals surface area (Å²) in [5.74, 6) is -1.62. The normalized spacial score (nSPS) is 28.9. The zero-order valence-corrected chi connectivity index (χ0v) is 16.1. The fraction of sp³-hybridized carbons (Fsp3) is 0.846. The van der Waals surface area contributed by atoms with Crippen LogP contribution in [0.3, 0.4) is 0 Å². The molecule has 1 rings (SSSR count). The van der Waals surface area contributed by atoms with Crippen LogP contribution in [0.1, 0.15) is 20.3 Å². The summed E-state index contributed by atoms with van der Waals surface area (Å²) >= 11 is 0. The van der Waals surface area contributed by atoms with Crippen molar-refractivity contribution in [1.82, 2.24) is 4.90 Å². The molecule has 143 valence electrons. The van der Waals surface area contributed by atoms with Gasteiger partial charge < -0.3 is 0 Å². The molecular formula is C13H20B6NO8. The zero-order valence-electron chi connectivity index (χ0n) is 16.1. The Morgan fingerprint density at radius 1 is 1.46 bits per heavy atom. The number of carboxylic acids is 1. The van der Waals surface area contributed by atoms with E-state index >= 15 is 0 Å². The molecule has 6 atom stereocenters. The van der Waals surface area contributed by atoms with Gasteiger partial charge in [-0.25, -0.2) is 0 Å². The minimum absolute atomic E-state index is 0.140. The van der Waals surface area contributed by atoms with Crippen LogP contribution < -0.4 is 0 Å². The van der Waals surface area contributed by atoms with Gasteiger partial charge in [0.1, 0.15) is 0 Å². The van der Waals surface area contributed by atoms with Crippen LogP contribution in [0.4, 0.5) is 0 Å². The van der Waals surface area contributed by atoms with Gasteiger partial charge >= 0.3 is 169 Å². The second-order valence-electron chi connectivity index (χ2n) is 6.58. The average molecular weight is 383 g/mol. The van der Waals surface area contributed by atoms with Crippen molar-refractivity contribution in [2.75, 3.05) is 13.7 Å². The summed E-state index contributed by atoms with van der Waals surface area (Å²) in [4.78, 5) is 25.0. The van der Waals surface area contributed by atoms with Crippen molar-refractivity contribution in [1.29, 1.82) is 0 Å². The van der Waals surface area contributed by atoms with Gasteiger partial charge in [0.25, 0.3) is 0 Å². The van der Waals surface area contributed by atoms with E-state index in [1.807, 2.05) is 0 Å². The third-order valence-corrected chi connectivity index (χ3v) is 4.66. The molecule has 0 aliphatic carbocycles. The molecule has 0 aromatic carbocycles. The molecule has 15 heteroatoms. The Hall–Kier alpha value is -1.19. The van der Waals surface area contributed by atoms with E-state index in [1.165, 1.54) is 25.8 Å². The number of carboxylic acid groups (broad SMARTS) is 1. The number of ether oxygens (including phenoxy) is 1. The first-order valence-electron chi connectivity index (χ1n) is 8.48. The Morgan fingerprint density at radius 3 is 2.57 bits per heavy atom. The summed E-state index contributed by atoms with van der Waals surface area (Å²) < 4.78 is 21.2. The van der Waals surface area contributed by atoms with Crippen LogP contribution in [0.2, 0.25) is 0 Å². The zero-order chi connectivity index (χ0) is 21.5. The van der Waals surface area contributed by atoms with Crippen LogP contribution in [-0.4, -0.2) is 121 Å². The van der Waals surface area contributed by atoms with Gasteiger partial charge in [-0.15, -0.1) is 0 Å². The van der Waals surface area contributed by atoms with Gasteiger partial charge in [-0.3, -0.25) is 0 Å². The minimum atomic E-state index is -1.71. The number of hydrogen-bond donors (Lipinski definition) is 2. The Balaban J connectivity index is 3.35. The Kier molecular flexibility index (Phi) is 9.86. The molecule has 0 spiro atoms. The van der Waals surface area contributed by atoms with Crippen molar-refractivity contribution in [3.8, 4) is 0 Å². The summed E-state index contributed by atoms with van der Waals surface area (Å²) in [5.41, 5.74) is -1.71. The molecule has 0 bridgehead atoms. The summed E-state index contributed by atoms with van der Waals surface area (Å²) in [5, 5.41) is 20.1. The molecule has 1 fully saturated rings. The van der Waals surface area contributed by atoms with E-state index in [2.05, 4.69) is 0 Å². The number of likely N-dealkylation sites (N-methyl/N-ethyl adjacent to an activating group) is 1. The van der Waals surface area contributed by atoms with E-state index in [9.17, 15) is 19.8 Å². The topological polar surface area (TPSA) is 115 Å².